The van der Waals surface area contributed by atoms with Gasteiger partial charge in [0.2, 0.25) is 0 Å². The van der Waals surface area contributed by atoms with Crippen molar-refractivity contribution in [1.82, 2.24) is 0 Å². The van der Waals surface area contributed by atoms with E-state index in [1.54, 1.807) is 30.3 Å². The minimum atomic E-state index is -0.562. The summed E-state index contributed by atoms with van der Waals surface area (Å²) in [5, 5.41) is 3.42. The molecule has 0 atom stereocenters. The Hall–Kier alpha value is -4.13. The molecule has 3 aromatic carbocycles. The Balaban J connectivity index is 1.21. The maximum atomic E-state index is 14.1. The topological polar surface area (TPSA) is 108 Å². The fraction of sp³-hybridized carbons (Fsp3) is 0.543. The van der Waals surface area contributed by atoms with Gasteiger partial charge in [-0.1, -0.05) is 102 Å². The third-order valence-electron chi connectivity index (χ3n) is 12.1. The quantitative estimate of drug-likeness (QED) is 0.0715. The third kappa shape index (κ3) is 8.99. The number of hydrogen-bond donors (Lipinski definition) is 2. The summed E-state index contributed by atoms with van der Waals surface area (Å²) in [7, 11) is 0. The Morgan fingerprint density at radius 3 is 1.83 bits per heavy atom. The number of rotatable bonds is 15. The number of carbonyl (C=O) groups is 3. The Morgan fingerprint density at radius 1 is 0.736 bits per heavy atom. The summed E-state index contributed by atoms with van der Waals surface area (Å²) in [4.78, 5) is 41.9. The molecule has 0 heterocycles. The fourth-order valence-electron chi connectivity index (χ4n) is 9.00. The highest BCUT2D eigenvalue weighted by atomic mass is 16.5. The lowest BCUT2D eigenvalue weighted by atomic mass is 9.80. The molecule has 3 aliphatic rings. The SMILES string of the molecule is CCCCCC1CCC(COc2c(C)cc(Nc3cc(C(=O)OC4CCC(CCCCC)CC4)c(N)c4c3C(=O)c3ccccc3C4=O)cc2C)CC1. The monoisotopic (exact) mass is 720 g/mol. The van der Waals surface area contributed by atoms with Crippen LogP contribution in [0.15, 0.2) is 42.5 Å². The van der Waals surface area contributed by atoms with E-state index >= 15 is 0 Å². The molecule has 7 nitrogen and oxygen atoms in total. The molecule has 2 fully saturated rings. The second kappa shape index (κ2) is 17.8. The van der Waals surface area contributed by atoms with Gasteiger partial charge in [0, 0.05) is 16.8 Å². The Morgan fingerprint density at radius 2 is 1.26 bits per heavy atom. The smallest absolute Gasteiger partial charge is 0.340 e. The van der Waals surface area contributed by atoms with Crippen molar-refractivity contribution in [3.05, 3.63) is 81.4 Å². The van der Waals surface area contributed by atoms with Crippen molar-refractivity contribution in [2.24, 2.45) is 17.8 Å². The van der Waals surface area contributed by atoms with E-state index in [1.807, 2.05) is 26.0 Å². The number of ether oxygens (including phenoxy) is 2. The number of fused-ring (bicyclic) bond motifs is 2. The Labute approximate surface area is 316 Å². The van der Waals surface area contributed by atoms with Crippen LogP contribution in [0.1, 0.15) is 170 Å². The summed E-state index contributed by atoms with van der Waals surface area (Å²) in [5.74, 6) is 1.75. The summed E-state index contributed by atoms with van der Waals surface area (Å²) < 4.78 is 12.5. The Bertz CT molecular complexity index is 1760. The molecule has 3 N–H and O–H groups in total. The largest absolute Gasteiger partial charge is 0.493 e. The molecule has 0 aliphatic heterocycles. The third-order valence-corrected chi connectivity index (χ3v) is 12.1. The lowest BCUT2D eigenvalue weighted by molar-refractivity contribution is 0.0162. The van der Waals surface area contributed by atoms with E-state index in [1.165, 1.54) is 77.0 Å². The zero-order valence-electron chi connectivity index (χ0n) is 32.5. The van der Waals surface area contributed by atoms with Crippen LogP contribution in [-0.2, 0) is 4.74 Å². The number of aryl methyl sites for hydroxylation is 2. The second-order valence-electron chi connectivity index (χ2n) is 16.1. The van der Waals surface area contributed by atoms with Gasteiger partial charge in [-0.05, 0) is 99.5 Å². The highest BCUT2D eigenvalue weighted by molar-refractivity contribution is 6.32. The zero-order chi connectivity index (χ0) is 37.5. The normalized spacial score (nSPS) is 21.1. The highest BCUT2D eigenvalue weighted by Gasteiger charge is 2.36. The average Bonchev–Trinajstić information content (AvgIpc) is 3.15. The predicted octanol–water partition coefficient (Wildman–Crippen LogP) is 11.5. The van der Waals surface area contributed by atoms with Gasteiger partial charge in [-0.15, -0.1) is 0 Å². The second-order valence-corrected chi connectivity index (χ2v) is 16.1. The number of benzene rings is 3. The van der Waals surface area contributed by atoms with Gasteiger partial charge in [-0.3, -0.25) is 9.59 Å². The first-order valence-electron chi connectivity index (χ1n) is 20.5. The molecular formula is C46H60N2O5. The number of esters is 1. The van der Waals surface area contributed by atoms with Crippen LogP contribution in [0.2, 0.25) is 0 Å². The maximum Gasteiger partial charge on any atom is 0.340 e. The zero-order valence-corrected chi connectivity index (χ0v) is 32.5. The average molecular weight is 721 g/mol. The van der Waals surface area contributed by atoms with Crippen molar-refractivity contribution >= 4 is 34.6 Å². The molecule has 0 radical (unpaired) electrons. The fourth-order valence-corrected chi connectivity index (χ4v) is 9.00. The maximum absolute atomic E-state index is 14.1. The van der Waals surface area contributed by atoms with Gasteiger partial charge in [-0.25, -0.2) is 4.79 Å². The number of ketones is 2. The van der Waals surface area contributed by atoms with Gasteiger partial charge in [-0.2, -0.15) is 0 Å². The number of anilines is 3. The van der Waals surface area contributed by atoms with E-state index in [2.05, 4.69) is 19.2 Å². The van der Waals surface area contributed by atoms with E-state index in [0.29, 0.717) is 29.7 Å². The first kappa shape index (κ1) is 38.6. The van der Waals surface area contributed by atoms with Crippen molar-refractivity contribution < 1.29 is 23.9 Å². The van der Waals surface area contributed by atoms with E-state index < -0.39 is 5.97 Å². The summed E-state index contributed by atoms with van der Waals surface area (Å²) in [6, 6.07) is 12.4. The summed E-state index contributed by atoms with van der Waals surface area (Å²) >= 11 is 0. The Kier molecular flexibility index (Phi) is 13.0. The van der Waals surface area contributed by atoms with Gasteiger partial charge in [0.25, 0.3) is 0 Å². The first-order chi connectivity index (χ1) is 25.7. The van der Waals surface area contributed by atoms with E-state index in [4.69, 9.17) is 15.2 Å². The minimum Gasteiger partial charge on any atom is -0.493 e. The van der Waals surface area contributed by atoms with Crippen LogP contribution in [-0.4, -0.2) is 30.2 Å². The van der Waals surface area contributed by atoms with E-state index in [9.17, 15) is 14.4 Å². The molecule has 3 aliphatic carbocycles. The van der Waals surface area contributed by atoms with E-state index in [-0.39, 0.29) is 45.6 Å². The molecule has 3 aromatic rings. The van der Waals surface area contributed by atoms with Crippen LogP contribution < -0.4 is 15.8 Å². The van der Waals surface area contributed by atoms with Crippen LogP contribution in [0.4, 0.5) is 17.1 Å². The van der Waals surface area contributed by atoms with Crippen molar-refractivity contribution in [2.75, 3.05) is 17.7 Å². The van der Waals surface area contributed by atoms with Gasteiger partial charge in [0.05, 0.1) is 34.7 Å². The number of unbranched alkanes of at least 4 members (excludes halogenated alkanes) is 4. The van der Waals surface area contributed by atoms with Crippen molar-refractivity contribution in [3.63, 3.8) is 0 Å². The van der Waals surface area contributed by atoms with Gasteiger partial charge < -0.3 is 20.5 Å². The standard InChI is InChI=1S/C46H60N2O5/c1-5-7-9-13-31-17-19-33(20-18-31)28-52-45-29(3)25-34(26-30(45)4)48-39-27-38(46(51)53-35-23-21-32(22-24-35)14-10-8-6-2)42(47)41-40(39)43(49)36-15-11-12-16-37(36)44(41)50/h11-12,15-16,25-27,31-33,35,48H,5-10,13-14,17-24,28,47H2,1-4H3. The molecule has 0 amide bonds. The molecule has 6 rings (SSSR count). The van der Waals surface area contributed by atoms with Crippen LogP contribution in [0.25, 0.3) is 0 Å². The molecule has 0 saturated heterocycles. The van der Waals surface area contributed by atoms with Gasteiger partial charge in [0.1, 0.15) is 11.9 Å². The molecule has 0 bridgehead atoms. The summed E-state index contributed by atoms with van der Waals surface area (Å²) in [6.45, 7) is 9.26. The van der Waals surface area contributed by atoms with Crippen molar-refractivity contribution in [1.29, 1.82) is 0 Å². The molecule has 7 heteroatoms. The minimum absolute atomic E-state index is 0.0113. The number of nitrogens with one attached hydrogen (secondary N) is 1. The summed E-state index contributed by atoms with van der Waals surface area (Å²) in [5.41, 5.74) is 10.6. The van der Waals surface area contributed by atoms with Crippen molar-refractivity contribution in [2.45, 2.75) is 137 Å². The van der Waals surface area contributed by atoms with Crippen LogP contribution in [0.5, 0.6) is 5.75 Å². The number of carbonyl (C=O) groups excluding carboxylic acids is 3. The van der Waals surface area contributed by atoms with Crippen LogP contribution >= 0.6 is 0 Å². The molecule has 0 unspecified atom stereocenters. The lowest BCUT2D eigenvalue weighted by Crippen LogP contribution is -2.27. The van der Waals surface area contributed by atoms with Gasteiger partial charge >= 0.3 is 5.97 Å². The molecule has 284 valence electrons. The first-order valence-corrected chi connectivity index (χ1v) is 20.5. The predicted molar refractivity (Wildman–Crippen MR) is 214 cm³/mol. The molecule has 2 saturated carbocycles. The van der Waals surface area contributed by atoms with Crippen LogP contribution in [0.3, 0.4) is 0 Å². The molecule has 53 heavy (non-hydrogen) atoms. The van der Waals surface area contributed by atoms with Crippen molar-refractivity contribution in [3.8, 4) is 5.75 Å². The number of hydrogen-bond acceptors (Lipinski definition) is 7. The van der Waals surface area contributed by atoms with Crippen LogP contribution in [0, 0.1) is 31.6 Å². The molecular weight excluding hydrogens is 661 g/mol. The highest BCUT2D eigenvalue weighted by Crippen LogP contribution is 2.41. The van der Waals surface area contributed by atoms with E-state index in [0.717, 1.165) is 54.2 Å². The summed E-state index contributed by atoms with van der Waals surface area (Å²) in [6.07, 6.45) is 18.8. The molecule has 0 aromatic heterocycles. The number of nitrogens with two attached hydrogens (primary N) is 1. The lowest BCUT2D eigenvalue weighted by Gasteiger charge is -2.29. The molecule has 0 spiro atoms. The number of nitrogen functional groups attached to an aromatic ring is 1. The van der Waals surface area contributed by atoms with Gasteiger partial charge in [0.15, 0.2) is 11.6 Å².